The van der Waals surface area contributed by atoms with Crippen LogP contribution >= 0.6 is 0 Å². The molecule has 3 rings (SSSR count). The van der Waals surface area contributed by atoms with Crippen molar-refractivity contribution in [3.63, 3.8) is 0 Å². The van der Waals surface area contributed by atoms with Crippen LogP contribution in [-0.4, -0.2) is 15.0 Å². The minimum absolute atomic E-state index is 0.224. The van der Waals surface area contributed by atoms with Crippen LogP contribution < -0.4 is 5.32 Å². The molecule has 0 radical (unpaired) electrons. The third-order valence-corrected chi connectivity index (χ3v) is 3.16. The van der Waals surface area contributed by atoms with Crippen molar-refractivity contribution in [1.82, 2.24) is 20.3 Å². The first kappa shape index (κ1) is 11.0. The first-order valence-electron chi connectivity index (χ1n) is 6.11. The van der Waals surface area contributed by atoms with Gasteiger partial charge in [-0.2, -0.15) is 0 Å². The number of rotatable bonds is 4. The van der Waals surface area contributed by atoms with Gasteiger partial charge in [-0.15, -0.1) is 0 Å². The summed E-state index contributed by atoms with van der Waals surface area (Å²) in [7, 11) is 0. The molecule has 3 aromatic rings. The Morgan fingerprint density at radius 1 is 1.22 bits per heavy atom. The summed E-state index contributed by atoms with van der Waals surface area (Å²) in [5.74, 6) is 0.970. The normalized spacial score (nSPS) is 12.9. The van der Waals surface area contributed by atoms with Gasteiger partial charge >= 0.3 is 0 Å². The standard InChI is InChI=1S/C14H16N4/c1-10(14-16-6-7-17-14)18-9-11-2-3-13-12(8-11)4-5-15-13/h2-8,10,15,18H,9H2,1H3,(H,16,17). The van der Waals surface area contributed by atoms with Crippen molar-refractivity contribution >= 4 is 10.9 Å². The molecule has 0 amide bonds. The number of fused-ring (bicyclic) bond motifs is 1. The molecule has 1 unspecified atom stereocenters. The fraction of sp³-hybridized carbons (Fsp3) is 0.214. The van der Waals surface area contributed by atoms with Gasteiger partial charge in [-0.3, -0.25) is 0 Å². The fourth-order valence-corrected chi connectivity index (χ4v) is 2.09. The van der Waals surface area contributed by atoms with Crippen molar-refractivity contribution in [2.24, 2.45) is 0 Å². The SMILES string of the molecule is CC(NCc1ccc2[nH]ccc2c1)c1ncc[nH]1. The molecule has 0 aliphatic heterocycles. The van der Waals surface area contributed by atoms with E-state index < -0.39 is 0 Å². The number of hydrogen-bond acceptors (Lipinski definition) is 2. The predicted molar refractivity (Wildman–Crippen MR) is 72.1 cm³/mol. The Morgan fingerprint density at radius 2 is 2.17 bits per heavy atom. The van der Waals surface area contributed by atoms with E-state index in [1.165, 1.54) is 16.5 Å². The van der Waals surface area contributed by atoms with Crippen LogP contribution in [-0.2, 0) is 6.54 Å². The Bertz CT molecular complexity index is 624. The molecule has 1 atom stereocenters. The lowest BCUT2D eigenvalue weighted by Crippen LogP contribution is -2.19. The van der Waals surface area contributed by atoms with Crippen LogP contribution in [0.25, 0.3) is 10.9 Å². The molecule has 4 nitrogen and oxygen atoms in total. The molecule has 0 aliphatic rings. The summed E-state index contributed by atoms with van der Waals surface area (Å²) in [6.07, 6.45) is 5.59. The first-order chi connectivity index (χ1) is 8.83. The van der Waals surface area contributed by atoms with Crippen LogP contribution in [0, 0.1) is 0 Å². The number of aromatic nitrogens is 3. The summed E-state index contributed by atoms with van der Waals surface area (Å²) in [5, 5.41) is 4.70. The molecule has 0 spiro atoms. The van der Waals surface area contributed by atoms with Crippen molar-refractivity contribution in [1.29, 1.82) is 0 Å². The zero-order chi connectivity index (χ0) is 12.4. The number of aromatic amines is 2. The molecule has 0 saturated heterocycles. The highest BCUT2D eigenvalue weighted by Crippen LogP contribution is 2.15. The molecule has 92 valence electrons. The van der Waals surface area contributed by atoms with Crippen LogP contribution in [0.3, 0.4) is 0 Å². The summed E-state index contributed by atoms with van der Waals surface area (Å²) in [5.41, 5.74) is 2.46. The van der Waals surface area contributed by atoms with Gasteiger partial charge in [-0.1, -0.05) is 6.07 Å². The van der Waals surface area contributed by atoms with Crippen LogP contribution in [0.4, 0.5) is 0 Å². The molecule has 0 bridgehead atoms. The molecule has 4 heteroatoms. The van der Waals surface area contributed by atoms with Crippen molar-refractivity contribution in [3.8, 4) is 0 Å². The second-order valence-electron chi connectivity index (χ2n) is 4.48. The third kappa shape index (κ3) is 2.15. The van der Waals surface area contributed by atoms with Gasteiger partial charge in [-0.05, 0) is 36.1 Å². The number of benzene rings is 1. The van der Waals surface area contributed by atoms with Crippen LogP contribution in [0.1, 0.15) is 24.4 Å². The topological polar surface area (TPSA) is 56.5 Å². The van der Waals surface area contributed by atoms with Gasteiger partial charge in [0.2, 0.25) is 0 Å². The van der Waals surface area contributed by atoms with Crippen LogP contribution in [0.15, 0.2) is 42.9 Å². The Morgan fingerprint density at radius 3 is 3.00 bits per heavy atom. The average Bonchev–Trinajstić information content (AvgIpc) is 3.05. The van der Waals surface area contributed by atoms with Gasteiger partial charge in [-0.25, -0.2) is 4.98 Å². The lowest BCUT2D eigenvalue weighted by atomic mass is 10.1. The Kier molecular flexibility index (Phi) is 2.86. The third-order valence-electron chi connectivity index (χ3n) is 3.16. The minimum atomic E-state index is 0.224. The van der Waals surface area contributed by atoms with E-state index in [1.807, 2.05) is 12.4 Å². The molecule has 2 heterocycles. The van der Waals surface area contributed by atoms with Crippen molar-refractivity contribution in [2.75, 3.05) is 0 Å². The monoisotopic (exact) mass is 240 g/mol. The summed E-state index contributed by atoms with van der Waals surface area (Å²) in [6, 6.07) is 8.77. The number of hydrogen-bond donors (Lipinski definition) is 3. The molecule has 3 N–H and O–H groups in total. The first-order valence-corrected chi connectivity index (χ1v) is 6.11. The number of nitrogens with zero attached hydrogens (tertiary/aromatic N) is 1. The summed E-state index contributed by atoms with van der Waals surface area (Å²) in [6.45, 7) is 2.94. The molecule has 1 aromatic carbocycles. The number of imidazole rings is 1. The summed E-state index contributed by atoms with van der Waals surface area (Å²) >= 11 is 0. The summed E-state index contributed by atoms with van der Waals surface area (Å²) < 4.78 is 0. The Hall–Kier alpha value is -2.07. The van der Waals surface area contributed by atoms with E-state index in [0.29, 0.717) is 0 Å². The smallest absolute Gasteiger partial charge is 0.122 e. The minimum Gasteiger partial charge on any atom is -0.361 e. The maximum absolute atomic E-state index is 4.25. The molecular weight excluding hydrogens is 224 g/mol. The Labute approximate surface area is 105 Å². The van der Waals surface area contributed by atoms with Crippen LogP contribution in [0.2, 0.25) is 0 Å². The quantitative estimate of drug-likeness (QED) is 0.656. The average molecular weight is 240 g/mol. The molecule has 0 saturated carbocycles. The highest BCUT2D eigenvalue weighted by atomic mass is 15.0. The zero-order valence-corrected chi connectivity index (χ0v) is 10.3. The zero-order valence-electron chi connectivity index (χ0n) is 10.3. The number of H-pyrrole nitrogens is 2. The van der Waals surface area contributed by atoms with E-state index in [4.69, 9.17) is 0 Å². The number of nitrogens with one attached hydrogen (secondary N) is 3. The molecule has 18 heavy (non-hydrogen) atoms. The second-order valence-corrected chi connectivity index (χ2v) is 4.48. The van der Waals surface area contributed by atoms with E-state index in [9.17, 15) is 0 Å². The van der Waals surface area contributed by atoms with Crippen molar-refractivity contribution < 1.29 is 0 Å². The van der Waals surface area contributed by atoms with Gasteiger partial charge < -0.3 is 15.3 Å². The Balaban J connectivity index is 1.69. The van der Waals surface area contributed by atoms with Crippen molar-refractivity contribution in [2.45, 2.75) is 19.5 Å². The molecular formula is C14H16N4. The summed E-state index contributed by atoms with van der Waals surface area (Å²) in [4.78, 5) is 10.6. The van der Waals surface area contributed by atoms with Gasteiger partial charge in [0.15, 0.2) is 0 Å². The van der Waals surface area contributed by atoms with Crippen molar-refractivity contribution in [3.05, 3.63) is 54.2 Å². The lowest BCUT2D eigenvalue weighted by Gasteiger charge is -2.11. The predicted octanol–water partition coefficient (Wildman–Crippen LogP) is 2.74. The largest absolute Gasteiger partial charge is 0.361 e. The molecule has 0 aliphatic carbocycles. The highest BCUT2D eigenvalue weighted by Gasteiger charge is 2.06. The van der Waals surface area contributed by atoms with E-state index in [-0.39, 0.29) is 6.04 Å². The molecule has 2 aromatic heterocycles. The van der Waals surface area contributed by atoms with E-state index >= 15 is 0 Å². The van der Waals surface area contributed by atoms with Gasteiger partial charge in [0.25, 0.3) is 0 Å². The van der Waals surface area contributed by atoms with Gasteiger partial charge in [0, 0.05) is 30.7 Å². The van der Waals surface area contributed by atoms with Gasteiger partial charge in [0.1, 0.15) is 5.82 Å². The maximum Gasteiger partial charge on any atom is 0.122 e. The van der Waals surface area contributed by atoms with E-state index in [1.54, 1.807) is 6.20 Å². The van der Waals surface area contributed by atoms with E-state index in [2.05, 4.69) is 51.5 Å². The lowest BCUT2D eigenvalue weighted by molar-refractivity contribution is 0.551. The highest BCUT2D eigenvalue weighted by molar-refractivity contribution is 5.79. The maximum atomic E-state index is 4.25. The van der Waals surface area contributed by atoms with Gasteiger partial charge in [0.05, 0.1) is 6.04 Å². The van der Waals surface area contributed by atoms with E-state index in [0.717, 1.165) is 12.4 Å². The second kappa shape index (κ2) is 4.66. The fourth-order valence-electron chi connectivity index (χ4n) is 2.09. The molecule has 0 fully saturated rings. The van der Waals surface area contributed by atoms with Crippen LogP contribution in [0.5, 0.6) is 0 Å².